The van der Waals surface area contributed by atoms with E-state index in [0.29, 0.717) is 5.82 Å². The van der Waals surface area contributed by atoms with Gasteiger partial charge in [0.05, 0.1) is 7.11 Å². The summed E-state index contributed by atoms with van der Waals surface area (Å²) in [5.41, 5.74) is 5.12. The van der Waals surface area contributed by atoms with Crippen molar-refractivity contribution in [3.05, 3.63) is 17.7 Å². The van der Waals surface area contributed by atoms with Gasteiger partial charge in [0.1, 0.15) is 11.4 Å². The van der Waals surface area contributed by atoms with E-state index in [1.807, 2.05) is 20.8 Å². The van der Waals surface area contributed by atoms with E-state index in [-0.39, 0.29) is 23.5 Å². The highest BCUT2D eigenvalue weighted by Gasteiger charge is 2.35. The summed E-state index contributed by atoms with van der Waals surface area (Å²) in [4.78, 5) is 28.8. The van der Waals surface area contributed by atoms with E-state index in [1.165, 1.54) is 7.11 Å². The molecule has 0 saturated heterocycles. The average molecular weight is 364 g/mol. The van der Waals surface area contributed by atoms with Crippen LogP contribution in [0.2, 0.25) is 0 Å². The molecule has 2 amide bonds. The van der Waals surface area contributed by atoms with Crippen LogP contribution in [0.4, 0.5) is 10.6 Å². The van der Waals surface area contributed by atoms with Gasteiger partial charge in [0, 0.05) is 17.6 Å². The van der Waals surface area contributed by atoms with Gasteiger partial charge in [0.15, 0.2) is 0 Å². The number of rotatable bonds is 5. The molecule has 1 saturated carbocycles. The number of pyridine rings is 1. The minimum Gasteiger partial charge on any atom is -0.480 e. The molecule has 2 rings (SSSR count). The van der Waals surface area contributed by atoms with E-state index in [0.717, 1.165) is 25.7 Å². The summed E-state index contributed by atoms with van der Waals surface area (Å²) >= 11 is 0. The Kier molecular flexibility index (Phi) is 5.94. The van der Waals surface area contributed by atoms with Crippen LogP contribution in [0.25, 0.3) is 0 Å². The maximum atomic E-state index is 11.6. The Morgan fingerprint density at radius 3 is 2.35 bits per heavy atom. The smallest absolute Gasteiger partial charge is 0.407 e. The molecule has 8 nitrogen and oxygen atoms in total. The third-order valence-corrected chi connectivity index (χ3v) is 4.66. The topological polar surface area (TPSA) is 118 Å². The van der Waals surface area contributed by atoms with Crippen LogP contribution < -0.4 is 15.8 Å². The minimum atomic E-state index is -0.873. The van der Waals surface area contributed by atoms with Gasteiger partial charge >= 0.3 is 6.09 Å². The molecule has 0 radical (unpaired) electrons. The first-order chi connectivity index (χ1) is 12.1. The molecule has 144 valence electrons. The summed E-state index contributed by atoms with van der Waals surface area (Å²) in [6.07, 6.45) is 2.38. The number of ether oxygens (including phenoxy) is 1. The van der Waals surface area contributed by atoms with E-state index in [9.17, 15) is 14.7 Å². The molecular formula is C18H28N4O4. The van der Waals surface area contributed by atoms with Gasteiger partial charge in [-0.15, -0.1) is 0 Å². The number of carboxylic acid groups (broad SMARTS) is 1. The monoisotopic (exact) mass is 364 g/mol. The van der Waals surface area contributed by atoms with Gasteiger partial charge in [-0.05, 0) is 58.6 Å². The fourth-order valence-electron chi connectivity index (χ4n) is 3.54. The Bertz CT molecular complexity index is 664. The fourth-order valence-corrected chi connectivity index (χ4v) is 3.54. The fraction of sp³-hybridized carbons (Fsp3) is 0.611. The molecule has 0 bridgehead atoms. The number of nitrogens with zero attached hydrogens (tertiary/aromatic N) is 2. The second kappa shape index (κ2) is 7.80. The Morgan fingerprint density at radius 2 is 1.88 bits per heavy atom. The summed E-state index contributed by atoms with van der Waals surface area (Å²) in [6.45, 7) is 5.76. The van der Waals surface area contributed by atoms with Gasteiger partial charge in [0.2, 0.25) is 5.88 Å². The minimum absolute atomic E-state index is 0.0188. The Labute approximate surface area is 153 Å². The number of primary amides is 1. The lowest BCUT2D eigenvalue weighted by Gasteiger charge is -2.42. The molecule has 8 heteroatoms. The van der Waals surface area contributed by atoms with Gasteiger partial charge < -0.3 is 25.8 Å². The van der Waals surface area contributed by atoms with Crippen molar-refractivity contribution in [2.45, 2.75) is 64.1 Å². The van der Waals surface area contributed by atoms with Crippen molar-refractivity contribution in [2.24, 2.45) is 5.73 Å². The van der Waals surface area contributed by atoms with Crippen molar-refractivity contribution < 1.29 is 19.4 Å². The molecule has 0 aromatic carbocycles. The number of anilines is 1. The standard InChI is InChI=1S/C18H28N4O4/c1-18(2,3)22(17(24)25)12-7-5-11(6-8-12)20-14-10-9-13(15(19)23)16(21-14)26-4/h9-12H,5-8H2,1-4H3,(H2,19,23)(H,20,21)(H,24,25). The molecule has 0 aliphatic heterocycles. The second-order valence-corrected chi connectivity index (χ2v) is 7.59. The number of carbonyl (C=O) groups is 2. The summed E-state index contributed by atoms with van der Waals surface area (Å²) in [6, 6.07) is 3.50. The highest BCUT2D eigenvalue weighted by molar-refractivity contribution is 5.95. The number of nitrogens with one attached hydrogen (secondary N) is 1. The quantitative estimate of drug-likeness (QED) is 0.739. The SMILES string of the molecule is COc1nc(NC2CCC(N(C(=O)O)C(C)(C)C)CC2)ccc1C(N)=O. The predicted molar refractivity (Wildman–Crippen MR) is 98.6 cm³/mol. The molecular weight excluding hydrogens is 336 g/mol. The molecule has 0 atom stereocenters. The van der Waals surface area contributed by atoms with E-state index >= 15 is 0 Å². The number of nitrogens with two attached hydrogens (primary N) is 1. The molecule has 1 fully saturated rings. The number of methoxy groups -OCH3 is 1. The first kappa shape index (κ1) is 19.8. The summed E-state index contributed by atoms with van der Waals surface area (Å²) < 4.78 is 5.12. The summed E-state index contributed by atoms with van der Waals surface area (Å²) in [5.74, 6) is 0.222. The zero-order valence-corrected chi connectivity index (χ0v) is 15.8. The van der Waals surface area contributed by atoms with Crippen molar-refractivity contribution in [3.8, 4) is 5.88 Å². The van der Waals surface area contributed by atoms with Crippen LogP contribution in [0.1, 0.15) is 56.8 Å². The lowest BCUT2D eigenvalue weighted by Crippen LogP contribution is -2.52. The van der Waals surface area contributed by atoms with Gasteiger partial charge in [-0.2, -0.15) is 4.98 Å². The van der Waals surface area contributed by atoms with Crippen LogP contribution in [0.15, 0.2) is 12.1 Å². The van der Waals surface area contributed by atoms with Gasteiger partial charge in [-0.3, -0.25) is 4.79 Å². The predicted octanol–water partition coefficient (Wildman–Crippen LogP) is 2.69. The van der Waals surface area contributed by atoms with Crippen molar-refractivity contribution in [3.63, 3.8) is 0 Å². The average Bonchev–Trinajstić information content (AvgIpc) is 2.54. The van der Waals surface area contributed by atoms with Crippen LogP contribution in [0, 0.1) is 0 Å². The van der Waals surface area contributed by atoms with Crippen molar-refractivity contribution >= 4 is 17.8 Å². The van der Waals surface area contributed by atoms with Gasteiger partial charge in [-0.25, -0.2) is 4.79 Å². The van der Waals surface area contributed by atoms with Crippen LogP contribution in [-0.4, -0.2) is 51.7 Å². The van der Waals surface area contributed by atoms with E-state index in [2.05, 4.69) is 10.3 Å². The lowest BCUT2D eigenvalue weighted by atomic mass is 9.88. The molecule has 4 N–H and O–H groups in total. The highest BCUT2D eigenvalue weighted by atomic mass is 16.5. The molecule has 1 aromatic rings. The number of hydrogen-bond acceptors (Lipinski definition) is 5. The largest absolute Gasteiger partial charge is 0.480 e. The van der Waals surface area contributed by atoms with E-state index in [1.54, 1.807) is 17.0 Å². The van der Waals surface area contributed by atoms with Crippen LogP contribution in [-0.2, 0) is 0 Å². The zero-order chi connectivity index (χ0) is 19.5. The third-order valence-electron chi connectivity index (χ3n) is 4.66. The Morgan fingerprint density at radius 1 is 1.27 bits per heavy atom. The number of aromatic nitrogens is 1. The molecule has 0 unspecified atom stereocenters. The van der Waals surface area contributed by atoms with E-state index in [4.69, 9.17) is 10.5 Å². The maximum Gasteiger partial charge on any atom is 0.407 e. The Balaban J connectivity index is 2.01. The third kappa shape index (κ3) is 4.56. The van der Waals surface area contributed by atoms with Crippen molar-refractivity contribution in [2.75, 3.05) is 12.4 Å². The first-order valence-electron chi connectivity index (χ1n) is 8.77. The number of amides is 2. The van der Waals surface area contributed by atoms with Crippen LogP contribution >= 0.6 is 0 Å². The van der Waals surface area contributed by atoms with Crippen LogP contribution in [0.5, 0.6) is 5.88 Å². The molecule has 1 heterocycles. The van der Waals surface area contributed by atoms with Crippen molar-refractivity contribution in [1.82, 2.24) is 9.88 Å². The second-order valence-electron chi connectivity index (χ2n) is 7.59. The van der Waals surface area contributed by atoms with Crippen LogP contribution in [0.3, 0.4) is 0 Å². The lowest BCUT2D eigenvalue weighted by molar-refractivity contribution is 0.0556. The molecule has 26 heavy (non-hydrogen) atoms. The summed E-state index contributed by atoms with van der Waals surface area (Å²) in [7, 11) is 1.44. The first-order valence-corrected chi connectivity index (χ1v) is 8.77. The molecule has 1 aliphatic carbocycles. The maximum absolute atomic E-state index is 11.6. The number of carbonyl (C=O) groups excluding carboxylic acids is 1. The molecule has 0 spiro atoms. The molecule has 1 aromatic heterocycles. The van der Waals surface area contributed by atoms with Gasteiger partial charge in [0.25, 0.3) is 5.91 Å². The number of hydrogen-bond donors (Lipinski definition) is 3. The normalized spacial score (nSPS) is 20.3. The van der Waals surface area contributed by atoms with Crippen molar-refractivity contribution in [1.29, 1.82) is 0 Å². The zero-order valence-electron chi connectivity index (χ0n) is 15.8. The Hall–Kier alpha value is -2.51. The van der Waals surface area contributed by atoms with Gasteiger partial charge in [-0.1, -0.05) is 0 Å². The van der Waals surface area contributed by atoms with E-state index < -0.39 is 17.5 Å². The highest BCUT2D eigenvalue weighted by Crippen LogP contribution is 2.30. The molecule has 1 aliphatic rings. The summed E-state index contributed by atoms with van der Waals surface area (Å²) in [5, 5.41) is 12.9.